The molecule has 0 spiro atoms. The number of hydrogen-bond donors (Lipinski definition) is 0. The van der Waals surface area contributed by atoms with Crippen molar-refractivity contribution < 1.29 is 23.9 Å². The van der Waals surface area contributed by atoms with Crippen LogP contribution in [-0.4, -0.2) is 72.0 Å². The predicted molar refractivity (Wildman–Crippen MR) is 124 cm³/mol. The lowest BCUT2D eigenvalue weighted by Crippen LogP contribution is -2.42. The minimum absolute atomic E-state index is 0.116. The van der Waals surface area contributed by atoms with Gasteiger partial charge in [-0.2, -0.15) is 0 Å². The Morgan fingerprint density at radius 2 is 1.79 bits per heavy atom. The molecule has 2 aromatic rings. The number of likely N-dealkylation sites (tertiary alicyclic amines) is 1. The van der Waals surface area contributed by atoms with E-state index in [0.29, 0.717) is 50.2 Å². The number of rotatable bonds is 4. The molecule has 0 unspecified atom stereocenters. The van der Waals surface area contributed by atoms with Gasteiger partial charge in [0.05, 0.1) is 14.2 Å². The van der Waals surface area contributed by atoms with E-state index in [1.807, 2.05) is 25.1 Å². The van der Waals surface area contributed by atoms with Crippen LogP contribution in [-0.2, 0) is 22.5 Å². The normalized spacial score (nSPS) is 17.7. The first-order valence-electron chi connectivity index (χ1n) is 11.4. The van der Waals surface area contributed by atoms with Crippen molar-refractivity contribution >= 4 is 17.8 Å². The summed E-state index contributed by atoms with van der Waals surface area (Å²) >= 11 is 0. The summed E-state index contributed by atoms with van der Waals surface area (Å²) in [5, 5.41) is 0. The minimum atomic E-state index is -0.667. The van der Waals surface area contributed by atoms with E-state index in [9.17, 15) is 19.2 Å². The van der Waals surface area contributed by atoms with E-state index in [2.05, 4.69) is 0 Å². The van der Waals surface area contributed by atoms with E-state index in [-0.39, 0.29) is 35.2 Å². The lowest BCUT2D eigenvalue weighted by Gasteiger charge is -2.25. The van der Waals surface area contributed by atoms with Crippen LogP contribution in [0.3, 0.4) is 0 Å². The molecule has 2 aliphatic rings. The van der Waals surface area contributed by atoms with Crippen LogP contribution in [0.4, 0.5) is 0 Å². The number of esters is 1. The number of pyridine rings is 1. The fraction of sp³-hybridized carbons (Fsp3) is 0.440. The number of aryl methyl sites for hydroxylation is 1. The lowest BCUT2D eigenvalue weighted by atomic mass is 10.1. The van der Waals surface area contributed by atoms with Gasteiger partial charge in [-0.05, 0) is 31.9 Å². The highest BCUT2D eigenvalue weighted by Gasteiger charge is 2.38. The monoisotopic (exact) mass is 467 g/mol. The molecule has 9 heteroatoms. The van der Waals surface area contributed by atoms with Gasteiger partial charge in [0.1, 0.15) is 17.4 Å². The summed E-state index contributed by atoms with van der Waals surface area (Å²) in [4.78, 5) is 55.1. The topological polar surface area (TPSA) is 98.2 Å². The van der Waals surface area contributed by atoms with Crippen molar-refractivity contribution in [2.75, 3.05) is 33.9 Å². The average molecular weight is 468 g/mol. The highest BCUT2D eigenvalue weighted by molar-refractivity contribution is 6.00. The van der Waals surface area contributed by atoms with Gasteiger partial charge in [-0.25, -0.2) is 4.79 Å². The maximum atomic E-state index is 13.7. The Bertz CT molecular complexity index is 1190. The van der Waals surface area contributed by atoms with Gasteiger partial charge >= 0.3 is 5.97 Å². The molecule has 180 valence electrons. The second-order valence-corrected chi connectivity index (χ2v) is 8.62. The first kappa shape index (κ1) is 23.5. The Kier molecular flexibility index (Phi) is 6.72. The Labute approximate surface area is 197 Å². The summed E-state index contributed by atoms with van der Waals surface area (Å²) in [5.74, 6) is -0.768. The molecule has 34 heavy (non-hydrogen) atoms. The van der Waals surface area contributed by atoms with Crippen LogP contribution < -0.4 is 10.3 Å². The Balaban J connectivity index is 1.69. The zero-order chi connectivity index (χ0) is 24.4. The van der Waals surface area contributed by atoms with E-state index in [1.54, 1.807) is 15.5 Å². The third kappa shape index (κ3) is 4.30. The smallest absolute Gasteiger partial charge is 0.328 e. The van der Waals surface area contributed by atoms with Crippen LogP contribution in [0.15, 0.2) is 35.1 Å². The predicted octanol–water partition coefficient (Wildman–Crippen LogP) is 1.64. The molecule has 1 atom stereocenters. The molecule has 3 heterocycles. The van der Waals surface area contributed by atoms with E-state index < -0.39 is 12.0 Å². The van der Waals surface area contributed by atoms with E-state index in [4.69, 9.17) is 9.47 Å². The van der Waals surface area contributed by atoms with Crippen LogP contribution in [0.25, 0.3) is 0 Å². The van der Waals surface area contributed by atoms with Crippen LogP contribution in [0, 0.1) is 6.92 Å². The number of methoxy groups -OCH3 is 2. The average Bonchev–Trinajstić information content (AvgIpc) is 3.22. The van der Waals surface area contributed by atoms with E-state index in [0.717, 1.165) is 5.56 Å². The molecule has 0 saturated carbocycles. The third-order valence-electron chi connectivity index (χ3n) is 6.57. The SMILES string of the molecule is COC(=O)[C@@H]1CCCN1C(=O)c1c(OC)cc(=O)n2c1CCN(C(=O)c1cccc(C)c1)CC2. The fourth-order valence-corrected chi connectivity index (χ4v) is 4.84. The number of hydrogen-bond acceptors (Lipinski definition) is 6. The molecule has 1 aromatic carbocycles. The van der Waals surface area contributed by atoms with Crippen LogP contribution in [0.5, 0.6) is 5.75 Å². The van der Waals surface area contributed by atoms with Crippen molar-refractivity contribution in [3.05, 3.63) is 63.1 Å². The molecule has 0 radical (unpaired) electrons. The van der Waals surface area contributed by atoms with Crippen molar-refractivity contribution in [3.8, 4) is 5.75 Å². The van der Waals surface area contributed by atoms with Crippen molar-refractivity contribution in [1.82, 2.24) is 14.4 Å². The molecule has 4 rings (SSSR count). The standard InChI is InChI=1S/C25H29N3O6/c1-16-6-4-7-17(14-16)23(30)26-11-9-18-22(20(33-2)15-21(29)27(18)13-12-26)24(31)28-10-5-8-19(28)25(32)34-3/h4,6-7,14-15,19H,5,8-13H2,1-3H3/t19-/m0/s1. The van der Waals surface area contributed by atoms with Crippen molar-refractivity contribution in [3.63, 3.8) is 0 Å². The lowest BCUT2D eigenvalue weighted by molar-refractivity contribution is -0.145. The first-order chi connectivity index (χ1) is 16.3. The maximum absolute atomic E-state index is 13.7. The molecular formula is C25H29N3O6. The number of carbonyl (C=O) groups is 3. The summed E-state index contributed by atoms with van der Waals surface area (Å²) in [5.41, 5.74) is 2.07. The molecule has 1 aromatic heterocycles. The molecule has 1 saturated heterocycles. The van der Waals surface area contributed by atoms with Gasteiger partial charge in [-0.1, -0.05) is 17.7 Å². The second kappa shape index (κ2) is 9.70. The van der Waals surface area contributed by atoms with Crippen molar-refractivity contribution in [2.24, 2.45) is 0 Å². The molecule has 2 aliphatic heterocycles. The Hall–Kier alpha value is -3.62. The number of fused-ring (bicyclic) bond motifs is 1. The summed E-state index contributed by atoms with van der Waals surface area (Å²) in [6.07, 6.45) is 1.51. The van der Waals surface area contributed by atoms with Gasteiger partial charge in [0.15, 0.2) is 0 Å². The van der Waals surface area contributed by atoms with Gasteiger partial charge in [0, 0.05) is 49.9 Å². The van der Waals surface area contributed by atoms with Crippen LogP contribution in [0.2, 0.25) is 0 Å². The van der Waals surface area contributed by atoms with Gasteiger partial charge in [-0.3, -0.25) is 14.4 Å². The zero-order valence-electron chi connectivity index (χ0n) is 19.7. The minimum Gasteiger partial charge on any atom is -0.496 e. The Morgan fingerprint density at radius 3 is 2.50 bits per heavy atom. The molecule has 2 amide bonds. The third-order valence-corrected chi connectivity index (χ3v) is 6.57. The van der Waals surface area contributed by atoms with Crippen LogP contribution in [0.1, 0.15) is 44.8 Å². The quantitative estimate of drug-likeness (QED) is 0.634. The summed E-state index contributed by atoms with van der Waals surface area (Å²) in [6, 6.07) is 8.02. The number of ether oxygens (including phenoxy) is 2. The summed E-state index contributed by atoms with van der Waals surface area (Å²) < 4.78 is 11.9. The number of aromatic nitrogens is 1. The summed E-state index contributed by atoms with van der Waals surface area (Å²) in [7, 11) is 2.71. The largest absolute Gasteiger partial charge is 0.496 e. The number of benzene rings is 1. The number of amides is 2. The molecule has 1 fully saturated rings. The van der Waals surface area contributed by atoms with Crippen LogP contribution >= 0.6 is 0 Å². The highest BCUT2D eigenvalue weighted by Crippen LogP contribution is 2.29. The van der Waals surface area contributed by atoms with Gasteiger partial charge in [0.2, 0.25) is 0 Å². The molecule has 0 bridgehead atoms. The van der Waals surface area contributed by atoms with Gasteiger partial charge in [0.25, 0.3) is 17.4 Å². The number of carbonyl (C=O) groups excluding carboxylic acids is 3. The van der Waals surface area contributed by atoms with Gasteiger partial charge < -0.3 is 23.8 Å². The first-order valence-corrected chi connectivity index (χ1v) is 11.4. The summed E-state index contributed by atoms with van der Waals surface area (Å²) in [6.45, 7) is 3.29. The zero-order valence-corrected chi connectivity index (χ0v) is 19.7. The molecule has 9 nitrogen and oxygen atoms in total. The highest BCUT2D eigenvalue weighted by atomic mass is 16.5. The number of nitrogens with zero attached hydrogens (tertiary/aromatic N) is 3. The van der Waals surface area contributed by atoms with Crippen molar-refractivity contribution in [2.45, 2.75) is 38.8 Å². The molecule has 0 aliphatic carbocycles. The second-order valence-electron chi connectivity index (χ2n) is 8.62. The fourth-order valence-electron chi connectivity index (χ4n) is 4.84. The van der Waals surface area contributed by atoms with Crippen molar-refractivity contribution in [1.29, 1.82) is 0 Å². The molecule has 0 N–H and O–H groups in total. The van der Waals surface area contributed by atoms with E-state index >= 15 is 0 Å². The maximum Gasteiger partial charge on any atom is 0.328 e. The van der Waals surface area contributed by atoms with Gasteiger partial charge in [-0.15, -0.1) is 0 Å². The Morgan fingerprint density at radius 1 is 1.00 bits per heavy atom. The molecular weight excluding hydrogens is 438 g/mol. The van der Waals surface area contributed by atoms with E-state index in [1.165, 1.54) is 25.2 Å².